The highest BCUT2D eigenvalue weighted by atomic mass is 19.4. The fraction of sp³-hybridized carbons (Fsp3) is 0.556. The van der Waals surface area contributed by atoms with Crippen molar-refractivity contribution in [3.05, 3.63) is 35.5 Å². The van der Waals surface area contributed by atoms with Gasteiger partial charge in [-0.2, -0.15) is 18.2 Å². The Hall–Kier alpha value is -3.61. The molecule has 218 valence electrons. The Morgan fingerprint density at radius 3 is 2.40 bits per heavy atom. The second-order valence-electron chi connectivity index (χ2n) is 10.4. The van der Waals surface area contributed by atoms with Gasteiger partial charge in [0.15, 0.2) is 0 Å². The van der Waals surface area contributed by atoms with Gasteiger partial charge in [0.1, 0.15) is 17.1 Å². The Bertz CT molecular complexity index is 1200. The van der Waals surface area contributed by atoms with Crippen molar-refractivity contribution in [2.75, 3.05) is 37.9 Å². The minimum atomic E-state index is -4.68. The summed E-state index contributed by atoms with van der Waals surface area (Å²) in [6.07, 6.45) is 0.717. The number of hydrogen-bond donors (Lipinski definition) is 4. The number of halogens is 3. The zero-order valence-corrected chi connectivity index (χ0v) is 22.9. The first-order chi connectivity index (χ1) is 19.0. The molecule has 0 bridgehead atoms. The van der Waals surface area contributed by atoms with Crippen molar-refractivity contribution in [2.24, 2.45) is 0 Å². The Kier molecular flexibility index (Phi) is 9.33. The predicted octanol–water partition coefficient (Wildman–Crippen LogP) is 3.93. The van der Waals surface area contributed by atoms with Gasteiger partial charge in [0.25, 0.3) is 5.91 Å². The van der Waals surface area contributed by atoms with E-state index in [4.69, 9.17) is 4.74 Å². The predicted molar refractivity (Wildman–Crippen MR) is 145 cm³/mol. The number of piperidine rings is 1. The zero-order chi connectivity index (χ0) is 28.9. The number of likely N-dealkylation sites (tertiary alicyclic amines) is 1. The molecular weight excluding hydrogens is 527 g/mol. The Labute approximate surface area is 231 Å². The molecule has 1 aliphatic carbocycles. The van der Waals surface area contributed by atoms with Crippen LogP contribution in [0.1, 0.15) is 61.4 Å². The van der Waals surface area contributed by atoms with Crippen LogP contribution in [0.3, 0.4) is 0 Å². The molecule has 1 aromatic heterocycles. The van der Waals surface area contributed by atoms with E-state index in [0.717, 1.165) is 45.0 Å². The topological polar surface area (TPSA) is 121 Å². The molecule has 4 N–H and O–H groups in total. The van der Waals surface area contributed by atoms with E-state index in [1.165, 1.54) is 14.0 Å². The van der Waals surface area contributed by atoms with Crippen molar-refractivity contribution in [1.82, 2.24) is 25.5 Å². The lowest BCUT2D eigenvalue weighted by Crippen LogP contribution is -2.48. The Balaban J connectivity index is 1.53. The molecule has 13 heteroatoms. The maximum absolute atomic E-state index is 13.8. The number of methoxy groups -OCH3 is 1. The molecule has 1 aliphatic heterocycles. The van der Waals surface area contributed by atoms with Gasteiger partial charge in [-0.05, 0) is 64.0 Å². The van der Waals surface area contributed by atoms with E-state index in [1.807, 2.05) is 7.05 Å². The minimum absolute atomic E-state index is 0.0794. The smallest absolute Gasteiger partial charge is 0.421 e. The van der Waals surface area contributed by atoms with Gasteiger partial charge in [-0.15, -0.1) is 0 Å². The first-order valence-corrected chi connectivity index (χ1v) is 13.5. The molecule has 0 radical (unpaired) electrons. The van der Waals surface area contributed by atoms with Crippen molar-refractivity contribution in [2.45, 2.75) is 69.8 Å². The lowest BCUT2D eigenvalue weighted by atomic mass is 9.90. The number of nitrogens with zero attached hydrogens (tertiary/aromatic N) is 3. The van der Waals surface area contributed by atoms with E-state index in [9.17, 15) is 22.8 Å². The van der Waals surface area contributed by atoms with Crippen LogP contribution in [0, 0.1) is 0 Å². The molecule has 1 saturated heterocycles. The number of ether oxygens (including phenoxy) is 1. The maximum Gasteiger partial charge on any atom is 0.421 e. The van der Waals surface area contributed by atoms with Crippen LogP contribution in [-0.2, 0) is 11.0 Å². The highest BCUT2D eigenvalue weighted by molar-refractivity contribution is 5.95. The fourth-order valence-corrected chi connectivity index (χ4v) is 5.15. The van der Waals surface area contributed by atoms with Crippen LogP contribution >= 0.6 is 0 Å². The van der Waals surface area contributed by atoms with Gasteiger partial charge in [-0.25, -0.2) is 4.98 Å². The number of benzene rings is 1. The van der Waals surface area contributed by atoms with Gasteiger partial charge in [0, 0.05) is 36.8 Å². The number of amides is 2. The number of carbonyl (C=O) groups excluding carboxylic acids is 2. The monoisotopic (exact) mass is 563 g/mol. The van der Waals surface area contributed by atoms with Crippen molar-refractivity contribution in [3.63, 3.8) is 0 Å². The summed E-state index contributed by atoms with van der Waals surface area (Å²) in [5, 5.41) is 11.7. The van der Waals surface area contributed by atoms with Crippen LogP contribution in [0.5, 0.6) is 5.75 Å². The number of nitrogens with one attached hydrogen (secondary N) is 4. The molecule has 10 nitrogen and oxygen atoms in total. The summed E-state index contributed by atoms with van der Waals surface area (Å²) in [4.78, 5) is 34.7. The second kappa shape index (κ2) is 12.7. The summed E-state index contributed by atoms with van der Waals surface area (Å²) in [5.41, 5.74) is -0.214. The van der Waals surface area contributed by atoms with Gasteiger partial charge in [-0.1, -0.05) is 12.8 Å². The van der Waals surface area contributed by atoms with Gasteiger partial charge in [-0.3, -0.25) is 9.59 Å². The standard InChI is InChI=1S/C27H36F3N7O3/c1-16(38)32-20-6-4-5-7-21(20)34-24-19(27(28,29)30)15-31-26(36-24)35-22-9-8-17(14-23(22)40-3)25(39)33-18-10-12-37(2)13-11-18/h8-9,14-15,18,20-21H,4-7,10-13H2,1-3H3,(H,32,38)(H,33,39)(H2,31,34,35,36)/t20-,21-/m1/s1. The van der Waals surface area contributed by atoms with Crippen molar-refractivity contribution in [3.8, 4) is 5.75 Å². The van der Waals surface area contributed by atoms with Crippen LogP contribution in [0.4, 0.5) is 30.6 Å². The number of anilines is 3. The number of hydrogen-bond acceptors (Lipinski definition) is 8. The minimum Gasteiger partial charge on any atom is -0.495 e. The highest BCUT2D eigenvalue weighted by Gasteiger charge is 2.37. The van der Waals surface area contributed by atoms with Crippen molar-refractivity contribution < 1.29 is 27.5 Å². The molecular formula is C27H36F3N7O3. The lowest BCUT2D eigenvalue weighted by Gasteiger charge is -2.33. The summed E-state index contributed by atoms with van der Waals surface area (Å²) in [7, 11) is 3.48. The second-order valence-corrected chi connectivity index (χ2v) is 10.4. The van der Waals surface area contributed by atoms with Crippen LogP contribution in [-0.4, -0.2) is 72.1 Å². The number of aromatic nitrogens is 2. The van der Waals surface area contributed by atoms with E-state index in [2.05, 4.69) is 36.1 Å². The van der Waals surface area contributed by atoms with Gasteiger partial charge < -0.3 is 30.9 Å². The largest absolute Gasteiger partial charge is 0.495 e. The summed E-state index contributed by atoms with van der Waals surface area (Å²) >= 11 is 0. The molecule has 1 saturated carbocycles. The molecule has 2 fully saturated rings. The molecule has 0 unspecified atom stereocenters. The van der Waals surface area contributed by atoms with Crippen LogP contribution in [0.15, 0.2) is 24.4 Å². The third kappa shape index (κ3) is 7.52. The first kappa shape index (κ1) is 29.4. The van der Waals surface area contributed by atoms with Crippen LogP contribution in [0.25, 0.3) is 0 Å². The fourth-order valence-electron chi connectivity index (χ4n) is 5.15. The molecule has 2 aromatic rings. The van der Waals surface area contributed by atoms with E-state index in [0.29, 0.717) is 29.8 Å². The molecule has 40 heavy (non-hydrogen) atoms. The lowest BCUT2D eigenvalue weighted by molar-refractivity contribution is -0.137. The average molecular weight is 564 g/mol. The van der Waals surface area contributed by atoms with E-state index < -0.39 is 17.8 Å². The number of carbonyl (C=O) groups is 2. The maximum atomic E-state index is 13.8. The molecule has 2 atom stereocenters. The molecule has 4 rings (SSSR count). The summed E-state index contributed by atoms with van der Waals surface area (Å²) in [6, 6.07) is 4.14. The van der Waals surface area contributed by atoms with Crippen molar-refractivity contribution >= 4 is 29.3 Å². The number of rotatable bonds is 8. The molecule has 2 heterocycles. The van der Waals surface area contributed by atoms with E-state index in [-0.39, 0.29) is 35.7 Å². The van der Waals surface area contributed by atoms with Crippen LogP contribution in [0.2, 0.25) is 0 Å². The quantitative estimate of drug-likeness (QED) is 0.382. The SMILES string of the molecule is COc1cc(C(=O)NC2CCN(C)CC2)ccc1Nc1ncc(C(F)(F)F)c(N[C@@H]2CCCC[C@H]2NC(C)=O)n1. The van der Waals surface area contributed by atoms with E-state index >= 15 is 0 Å². The van der Waals surface area contributed by atoms with Crippen molar-refractivity contribution in [1.29, 1.82) is 0 Å². The third-order valence-corrected chi connectivity index (χ3v) is 7.33. The van der Waals surface area contributed by atoms with Gasteiger partial charge in [0.05, 0.1) is 12.8 Å². The van der Waals surface area contributed by atoms with Crippen LogP contribution < -0.4 is 26.0 Å². The molecule has 2 amide bonds. The molecule has 2 aliphatic rings. The summed E-state index contributed by atoms with van der Waals surface area (Å²) < 4.78 is 46.9. The first-order valence-electron chi connectivity index (χ1n) is 13.5. The third-order valence-electron chi connectivity index (χ3n) is 7.33. The van der Waals surface area contributed by atoms with Gasteiger partial charge in [0.2, 0.25) is 11.9 Å². The van der Waals surface area contributed by atoms with E-state index in [1.54, 1.807) is 18.2 Å². The Morgan fingerprint density at radius 1 is 1.05 bits per heavy atom. The highest BCUT2D eigenvalue weighted by Crippen LogP contribution is 2.36. The average Bonchev–Trinajstić information content (AvgIpc) is 2.90. The Morgan fingerprint density at radius 2 is 1.75 bits per heavy atom. The van der Waals surface area contributed by atoms with Gasteiger partial charge >= 0.3 is 6.18 Å². The zero-order valence-electron chi connectivity index (χ0n) is 22.9. The number of alkyl halides is 3. The summed E-state index contributed by atoms with van der Waals surface area (Å²) in [5.74, 6) is -0.607. The summed E-state index contributed by atoms with van der Waals surface area (Å²) in [6.45, 7) is 3.21. The molecule has 0 spiro atoms. The normalized spacial score (nSPS) is 20.4. The molecule has 1 aromatic carbocycles.